The van der Waals surface area contributed by atoms with Crippen LogP contribution in [0.1, 0.15) is 23.8 Å². The van der Waals surface area contributed by atoms with Crippen LogP contribution < -0.4 is 5.32 Å². The fraction of sp³-hybridized carbons (Fsp3) is 0.476. The van der Waals surface area contributed by atoms with E-state index in [2.05, 4.69) is 64.5 Å². The largest absolute Gasteiger partial charge is 0.468 e. The average Bonchev–Trinajstić information content (AvgIpc) is 3.32. The van der Waals surface area contributed by atoms with E-state index in [1.807, 2.05) is 19.2 Å². The Hall–Kier alpha value is -1.54. The molecule has 1 aliphatic rings. The quantitative estimate of drug-likeness (QED) is 0.388. The van der Waals surface area contributed by atoms with Crippen LogP contribution in [0, 0.1) is 5.92 Å². The topological polar surface area (TPSA) is 44.0 Å². The van der Waals surface area contributed by atoms with E-state index >= 15 is 0 Å². The molecule has 0 bridgehead atoms. The SMILES string of the molecule is CN=C(NCC(c1ccco1)N(C)C)N1CCC(Cc2ccccc2)C1.I. The van der Waals surface area contributed by atoms with Gasteiger partial charge in [0.2, 0.25) is 0 Å². The third-order valence-corrected chi connectivity index (χ3v) is 5.11. The number of likely N-dealkylation sites (tertiary alicyclic amines) is 1. The van der Waals surface area contributed by atoms with Gasteiger partial charge in [-0.1, -0.05) is 30.3 Å². The van der Waals surface area contributed by atoms with Crippen molar-refractivity contribution >= 4 is 29.9 Å². The van der Waals surface area contributed by atoms with Gasteiger partial charge in [-0.25, -0.2) is 0 Å². The van der Waals surface area contributed by atoms with Crippen LogP contribution in [0.4, 0.5) is 0 Å². The minimum atomic E-state index is 0. The lowest BCUT2D eigenvalue weighted by Crippen LogP contribution is -2.43. The first-order valence-electron chi connectivity index (χ1n) is 9.36. The lowest BCUT2D eigenvalue weighted by atomic mass is 9.99. The minimum Gasteiger partial charge on any atom is -0.468 e. The van der Waals surface area contributed by atoms with Gasteiger partial charge in [0.25, 0.3) is 0 Å². The molecule has 5 nitrogen and oxygen atoms in total. The van der Waals surface area contributed by atoms with Gasteiger partial charge in [-0.05, 0) is 50.6 Å². The zero-order valence-corrected chi connectivity index (χ0v) is 18.8. The highest BCUT2D eigenvalue weighted by Crippen LogP contribution is 2.22. The van der Waals surface area contributed by atoms with E-state index in [0.717, 1.165) is 37.8 Å². The van der Waals surface area contributed by atoms with Crippen LogP contribution in [-0.2, 0) is 6.42 Å². The Bertz CT molecular complexity index is 687. The molecule has 148 valence electrons. The molecule has 2 aromatic rings. The summed E-state index contributed by atoms with van der Waals surface area (Å²) >= 11 is 0. The molecule has 2 atom stereocenters. The van der Waals surface area contributed by atoms with Crippen molar-refractivity contribution in [2.24, 2.45) is 10.9 Å². The van der Waals surface area contributed by atoms with E-state index in [1.54, 1.807) is 6.26 Å². The number of likely N-dealkylation sites (N-methyl/N-ethyl adjacent to an activating group) is 1. The first-order chi connectivity index (χ1) is 12.7. The van der Waals surface area contributed by atoms with Crippen LogP contribution >= 0.6 is 24.0 Å². The Morgan fingerprint density at radius 2 is 2.04 bits per heavy atom. The van der Waals surface area contributed by atoms with E-state index in [9.17, 15) is 0 Å². The lowest BCUT2D eigenvalue weighted by Gasteiger charge is -2.27. The second-order valence-corrected chi connectivity index (χ2v) is 7.21. The molecule has 0 saturated carbocycles. The molecule has 0 amide bonds. The highest BCUT2D eigenvalue weighted by molar-refractivity contribution is 14.0. The predicted octanol–water partition coefficient (Wildman–Crippen LogP) is 3.64. The van der Waals surface area contributed by atoms with Crippen LogP contribution in [0.15, 0.2) is 58.1 Å². The summed E-state index contributed by atoms with van der Waals surface area (Å²) in [5.41, 5.74) is 1.42. The second kappa shape index (κ2) is 10.7. The Kier molecular flexibility index (Phi) is 8.63. The van der Waals surface area contributed by atoms with E-state index in [0.29, 0.717) is 5.92 Å². The first-order valence-corrected chi connectivity index (χ1v) is 9.36. The molecule has 1 aromatic carbocycles. The molecule has 1 saturated heterocycles. The lowest BCUT2D eigenvalue weighted by molar-refractivity contribution is 0.256. The third-order valence-electron chi connectivity index (χ3n) is 5.11. The number of furan rings is 1. The zero-order chi connectivity index (χ0) is 18.4. The van der Waals surface area contributed by atoms with Gasteiger partial charge < -0.3 is 14.6 Å². The zero-order valence-electron chi connectivity index (χ0n) is 16.5. The number of benzene rings is 1. The normalized spacial score (nSPS) is 18.4. The molecule has 1 aromatic heterocycles. The van der Waals surface area contributed by atoms with E-state index in [-0.39, 0.29) is 30.0 Å². The van der Waals surface area contributed by atoms with Gasteiger partial charge in [0.15, 0.2) is 5.96 Å². The summed E-state index contributed by atoms with van der Waals surface area (Å²) in [7, 11) is 6.01. The summed E-state index contributed by atoms with van der Waals surface area (Å²) in [6.45, 7) is 2.89. The second-order valence-electron chi connectivity index (χ2n) is 7.21. The first kappa shape index (κ1) is 21.8. The Morgan fingerprint density at radius 1 is 1.26 bits per heavy atom. The van der Waals surface area contributed by atoms with Gasteiger partial charge in [-0.15, -0.1) is 24.0 Å². The molecular weight excluding hydrogens is 451 g/mol. The molecule has 1 aliphatic heterocycles. The average molecular weight is 482 g/mol. The van der Waals surface area contributed by atoms with E-state index in [4.69, 9.17) is 4.42 Å². The molecule has 3 rings (SSSR count). The van der Waals surface area contributed by atoms with E-state index in [1.165, 1.54) is 12.0 Å². The molecule has 1 N–H and O–H groups in total. The third kappa shape index (κ3) is 5.97. The molecule has 27 heavy (non-hydrogen) atoms. The Labute approximate surface area is 179 Å². The highest BCUT2D eigenvalue weighted by Gasteiger charge is 2.26. The summed E-state index contributed by atoms with van der Waals surface area (Å²) in [5, 5.41) is 3.54. The molecule has 0 radical (unpaired) electrons. The summed E-state index contributed by atoms with van der Waals surface area (Å²) in [4.78, 5) is 9.05. The van der Waals surface area contributed by atoms with Crippen molar-refractivity contribution in [3.63, 3.8) is 0 Å². The van der Waals surface area contributed by atoms with Crippen LogP contribution in [0.5, 0.6) is 0 Å². The number of nitrogens with one attached hydrogen (secondary N) is 1. The van der Waals surface area contributed by atoms with Crippen LogP contribution in [-0.4, -0.2) is 56.5 Å². The number of halogens is 1. The number of hydrogen-bond acceptors (Lipinski definition) is 3. The summed E-state index contributed by atoms with van der Waals surface area (Å²) < 4.78 is 5.60. The monoisotopic (exact) mass is 482 g/mol. The molecule has 0 spiro atoms. The molecule has 1 fully saturated rings. The van der Waals surface area contributed by atoms with Crippen molar-refractivity contribution in [3.8, 4) is 0 Å². The van der Waals surface area contributed by atoms with Crippen molar-refractivity contribution < 1.29 is 4.42 Å². The molecule has 2 heterocycles. The molecule has 2 unspecified atom stereocenters. The standard InChI is InChI=1S/C21H30N4O.HI/c1-22-21(23-15-19(24(2)3)20-10-7-13-26-20)25-12-11-18(16-25)14-17-8-5-4-6-9-17;/h4-10,13,18-19H,11-12,14-16H2,1-3H3,(H,22,23);1H. The van der Waals surface area contributed by atoms with Gasteiger partial charge in [-0.3, -0.25) is 9.89 Å². The van der Waals surface area contributed by atoms with Crippen LogP contribution in [0.25, 0.3) is 0 Å². The maximum atomic E-state index is 5.60. The van der Waals surface area contributed by atoms with Gasteiger partial charge >= 0.3 is 0 Å². The summed E-state index contributed by atoms with van der Waals surface area (Å²) in [6.07, 6.45) is 4.08. The van der Waals surface area contributed by atoms with Gasteiger partial charge in [0.1, 0.15) is 5.76 Å². The number of guanidine groups is 1. The Balaban J connectivity index is 0.00000261. The molecule has 0 aliphatic carbocycles. The summed E-state index contributed by atoms with van der Waals surface area (Å²) in [5.74, 6) is 2.64. The van der Waals surface area contributed by atoms with Crippen molar-refractivity contribution in [1.29, 1.82) is 0 Å². The van der Waals surface area contributed by atoms with Crippen molar-refractivity contribution in [2.45, 2.75) is 18.9 Å². The van der Waals surface area contributed by atoms with Gasteiger partial charge in [0, 0.05) is 26.7 Å². The maximum Gasteiger partial charge on any atom is 0.193 e. The van der Waals surface area contributed by atoms with Crippen molar-refractivity contribution in [3.05, 3.63) is 60.1 Å². The fourth-order valence-corrected chi connectivity index (χ4v) is 3.68. The van der Waals surface area contributed by atoms with Crippen molar-refractivity contribution in [1.82, 2.24) is 15.1 Å². The van der Waals surface area contributed by atoms with Gasteiger partial charge in [0.05, 0.1) is 12.3 Å². The van der Waals surface area contributed by atoms with Crippen LogP contribution in [0.3, 0.4) is 0 Å². The number of hydrogen-bond donors (Lipinski definition) is 1. The highest BCUT2D eigenvalue weighted by atomic mass is 127. The van der Waals surface area contributed by atoms with Crippen LogP contribution in [0.2, 0.25) is 0 Å². The summed E-state index contributed by atoms with van der Waals surface area (Å²) in [6, 6.07) is 14.9. The maximum absolute atomic E-state index is 5.60. The number of aliphatic imine (C=N–C) groups is 1. The smallest absolute Gasteiger partial charge is 0.193 e. The predicted molar refractivity (Wildman–Crippen MR) is 122 cm³/mol. The number of rotatable bonds is 6. The Morgan fingerprint density at radius 3 is 2.67 bits per heavy atom. The van der Waals surface area contributed by atoms with E-state index < -0.39 is 0 Å². The van der Waals surface area contributed by atoms with Crippen molar-refractivity contribution in [2.75, 3.05) is 40.8 Å². The fourth-order valence-electron chi connectivity index (χ4n) is 3.68. The molecule has 6 heteroatoms. The minimum absolute atomic E-state index is 0. The number of nitrogens with zero attached hydrogens (tertiary/aromatic N) is 3. The molecular formula is C21H31IN4O. The van der Waals surface area contributed by atoms with Gasteiger partial charge in [-0.2, -0.15) is 0 Å².